The van der Waals surface area contributed by atoms with Gasteiger partial charge in [0, 0.05) is 17.7 Å². The van der Waals surface area contributed by atoms with Gasteiger partial charge in [-0.05, 0) is 13.8 Å². The van der Waals surface area contributed by atoms with Crippen molar-refractivity contribution in [2.75, 3.05) is 0 Å². The van der Waals surface area contributed by atoms with Crippen LogP contribution < -0.4 is 0 Å². The van der Waals surface area contributed by atoms with Crippen molar-refractivity contribution < 1.29 is 9.76 Å². The van der Waals surface area contributed by atoms with E-state index in [4.69, 9.17) is 4.84 Å². The summed E-state index contributed by atoms with van der Waals surface area (Å²) in [5.74, 6) is 0. The van der Waals surface area contributed by atoms with Gasteiger partial charge in [0.15, 0.2) is 0 Å². The number of hydrogen-bond donors (Lipinski definition) is 0. The highest BCUT2D eigenvalue weighted by Gasteiger charge is 2.03. The first-order chi connectivity index (χ1) is 7.09. The van der Waals surface area contributed by atoms with Gasteiger partial charge in [-0.1, -0.05) is 17.3 Å². The van der Waals surface area contributed by atoms with E-state index in [9.17, 15) is 10.1 Å². The Labute approximate surface area is 87.5 Å². The van der Waals surface area contributed by atoms with Crippen LogP contribution in [0.15, 0.2) is 29.4 Å². The van der Waals surface area contributed by atoms with Gasteiger partial charge in [-0.3, -0.25) is 10.1 Å². The van der Waals surface area contributed by atoms with Crippen molar-refractivity contribution >= 4 is 11.9 Å². The molecule has 5 heteroatoms. The minimum atomic E-state index is -0.444. The van der Waals surface area contributed by atoms with E-state index in [2.05, 4.69) is 5.16 Å². The summed E-state index contributed by atoms with van der Waals surface area (Å²) >= 11 is 0. The Kier molecular flexibility index (Phi) is 3.79. The van der Waals surface area contributed by atoms with Crippen LogP contribution in [-0.2, 0) is 4.84 Å². The summed E-state index contributed by atoms with van der Waals surface area (Å²) in [6.45, 7) is 3.70. The van der Waals surface area contributed by atoms with E-state index in [0.29, 0.717) is 5.56 Å². The molecule has 0 saturated heterocycles. The topological polar surface area (TPSA) is 64.7 Å². The minimum absolute atomic E-state index is 0.0000481. The fraction of sp³-hybridized carbons (Fsp3) is 0.300. The van der Waals surface area contributed by atoms with E-state index in [1.807, 2.05) is 13.8 Å². The fourth-order valence-corrected chi connectivity index (χ4v) is 0.932. The van der Waals surface area contributed by atoms with Crippen molar-refractivity contribution in [3.8, 4) is 0 Å². The Balaban J connectivity index is 2.73. The number of nitro benzene ring substituents is 1. The molecule has 1 aromatic carbocycles. The molecule has 0 amide bonds. The number of nitrogens with zero attached hydrogens (tertiary/aromatic N) is 2. The number of oxime groups is 1. The van der Waals surface area contributed by atoms with Crippen LogP contribution in [0.3, 0.4) is 0 Å². The third-order valence-corrected chi connectivity index (χ3v) is 1.55. The van der Waals surface area contributed by atoms with Crippen LogP contribution in [0.4, 0.5) is 5.69 Å². The van der Waals surface area contributed by atoms with Crippen molar-refractivity contribution in [1.29, 1.82) is 0 Å². The number of benzene rings is 1. The van der Waals surface area contributed by atoms with E-state index in [1.165, 1.54) is 18.3 Å². The van der Waals surface area contributed by atoms with Crippen molar-refractivity contribution in [3.63, 3.8) is 0 Å². The van der Waals surface area contributed by atoms with Crippen molar-refractivity contribution in [2.24, 2.45) is 5.16 Å². The largest absolute Gasteiger partial charge is 0.393 e. The molecule has 0 aromatic heterocycles. The summed E-state index contributed by atoms with van der Waals surface area (Å²) in [7, 11) is 0. The van der Waals surface area contributed by atoms with Gasteiger partial charge in [-0.15, -0.1) is 0 Å². The molecular formula is C10H12N2O3. The molecule has 1 aromatic rings. The van der Waals surface area contributed by atoms with Gasteiger partial charge in [0.1, 0.15) is 6.10 Å². The molecule has 0 bridgehead atoms. The lowest BCUT2D eigenvalue weighted by Crippen LogP contribution is -1.96. The molecule has 0 aliphatic heterocycles. The minimum Gasteiger partial charge on any atom is -0.393 e. The van der Waals surface area contributed by atoms with Gasteiger partial charge >= 0.3 is 0 Å². The molecule has 0 spiro atoms. The van der Waals surface area contributed by atoms with Crippen LogP contribution in [0.25, 0.3) is 0 Å². The Morgan fingerprint density at radius 3 is 2.87 bits per heavy atom. The molecule has 0 aliphatic rings. The quantitative estimate of drug-likeness (QED) is 0.433. The zero-order valence-corrected chi connectivity index (χ0v) is 8.58. The molecule has 0 saturated carbocycles. The summed E-state index contributed by atoms with van der Waals surface area (Å²) < 4.78 is 0. The molecule has 1 rings (SSSR count). The van der Waals surface area contributed by atoms with Crippen molar-refractivity contribution in [1.82, 2.24) is 0 Å². The fourth-order valence-electron chi connectivity index (χ4n) is 0.932. The highest BCUT2D eigenvalue weighted by atomic mass is 16.6. The van der Waals surface area contributed by atoms with Crippen molar-refractivity contribution in [2.45, 2.75) is 20.0 Å². The highest BCUT2D eigenvalue weighted by molar-refractivity contribution is 5.80. The lowest BCUT2D eigenvalue weighted by atomic mass is 10.2. The number of non-ortho nitro benzene ring substituents is 1. The third-order valence-electron chi connectivity index (χ3n) is 1.55. The second-order valence-electron chi connectivity index (χ2n) is 3.24. The van der Waals surface area contributed by atoms with Crippen LogP contribution in [0, 0.1) is 10.1 Å². The third kappa shape index (κ3) is 3.76. The SMILES string of the molecule is CC(C)ON=Cc1cccc([N+](=O)[O-])c1. The standard InChI is InChI=1S/C10H12N2O3/c1-8(2)15-11-7-9-4-3-5-10(6-9)12(13)14/h3-8H,1-2H3. The van der Waals surface area contributed by atoms with Crippen LogP contribution in [0.2, 0.25) is 0 Å². The van der Waals surface area contributed by atoms with Gasteiger partial charge in [0.25, 0.3) is 5.69 Å². The van der Waals surface area contributed by atoms with Crippen molar-refractivity contribution in [3.05, 3.63) is 39.9 Å². The Hall–Kier alpha value is -1.91. The normalized spacial score (nSPS) is 10.9. The maximum Gasteiger partial charge on any atom is 0.270 e. The van der Waals surface area contributed by atoms with Gasteiger partial charge < -0.3 is 4.84 Å². The van der Waals surface area contributed by atoms with Crippen LogP contribution >= 0.6 is 0 Å². The average molecular weight is 208 g/mol. The molecular weight excluding hydrogens is 196 g/mol. The molecule has 0 radical (unpaired) electrons. The number of hydrogen-bond acceptors (Lipinski definition) is 4. The molecule has 15 heavy (non-hydrogen) atoms. The molecule has 5 nitrogen and oxygen atoms in total. The smallest absolute Gasteiger partial charge is 0.270 e. The molecule has 0 fully saturated rings. The summed E-state index contributed by atoms with van der Waals surface area (Å²) in [6.07, 6.45) is 1.45. The van der Waals surface area contributed by atoms with E-state index in [-0.39, 0.29) is 11.8 Å². The molecule has 0 aliphatic carbocycles. The number of nitro groups is 1. The molecule has 0 atom stereocenters. The predicted molar refractivity (Wildman–Crippen MR) is 56.9 cm³/mol. The summed E-state index contributed by atoms with van der Waals surface area (Å²) in [4.78, 5) is 15.0. The van der Waals surface area contributed by atoms with Crippen LogP contribution in [-0.4, -0.2) is 17.2 Å². The second-order valence-corrected chi connectivity index (χ2v) is 3.24. The van der Waals surface area contributed by atoms with Gasteiger partial charge in [0.05, 0.1) is 11.1 Å². The summed E-state index contributed by atoms with van der Waals surface area (Å²) in [5, 5.41) is 14.2. The van der Waals surface area contributed by atoms with Gasteiger partial charge in [0.2, 0.25) is 0 Å². The predicted octanol–water partition coefficient (Wildman–Crippen LogP) is 2.35. The lowest BCUT2D eigenvalue weighted by molar-refractivity contribution is -0.384. The maximum atomic E-state index is 10.5. The van der Waals surface area contributed by atoms with E-state index in [1.54, 1.807) is 12.1 Å². The maximum absolute atomic E-state index is 10.5. The number of rotatable bonds is 4. The van der Waals surface area contributed by atoms with Crippen LogP contribution in [0.5, 0.6) is 0 Å². The van der Waals surface area contributed by atoms with Gasteiger partial charge in [-0.2, -0.15) is 0 Å². The zero-order valence-electron chi connectivity index (χ0n) is 8.58. The molecule has 0 heterocycles. The van der Waals surface area contributed by atoms with E-state index in [0.717, 1.165) is 0 Å². The van der Waals surface area contributed by atoms with E-state index >= 15 is 0 Å². The lowest BCUT2D eigenvalue weighted by Gasteiger charge is -2.00. The molecule has 80 valence electrons. The van der Waals surface area contributed by atoms with E-state index < -0.39 is 4.92 Å². The first-order valence-electron chi connectivity index (χ1n) is 4.53. The summed E-state index contributed by atoms with van der Waals surface area (Å²) in [6, 6.07) is 6.20. The first kappa shape index (κ1) is 11.2. The second kappa shape index (κ2) is 5.09. The first-order valence-corrected chi connectivity index (χ1v) is 4.53. The van der Waals surface area contributed by atoms with Crippen LogP contribution in [0.1, 0.15) is 19.4 Å². The molecule has 0 unspecified atom stereocenters. The Morgan fingerprint density at radius 1 is 1.53 bits per heavy atom. The molecule has 0 N–H and O–H groups in total. The zero-order chi connectivity index (χ0) is 11.3. The Morgan fingerprint density at radius 2 is 2.27 bits per heavy atom. The highest BCUT2D eigenvalue weighted by Crippen LogP contribution is 2.11. The average Bonchev–Trinajstić information content (AvgIpc) is 2.17. The summed E-state index contributed by atoms with van der Waals surface area (Å²) in [5.41, 5.74) is 0.688. The Bertz CT molecular complexity index is 375. The van der Waals surface area contributed by atoms with Gasteiger partial charge in [-0.25, -0.2) is 0 Å². The monoisotopic (exact) mass is 208 g/mol.